The molecule has 0 unspecified atom stereocenters. The first-order chi connectivity index (χ1) is 11.7. The first kappa shape index (κ1) is 16.2. The first-order valence-corrected chi connectivity index (χ1v) is 7.91. The van der Waals surface area contributed by atoms with Gasteiger partial charge in [-0.05, 0) is 48.4 Å². The van der Waals surface area contributed by atoms with Crippen LogP contribution >= 0.6 is 11.6 Å². The van der Waals surface area contributed by atoms with Gasteiger partial charge >= 0.3 is 0 Å². The molecular formula is C18H15ClN2O3. The minimum atomic E-state index is -0.178. The van der Waals surface area contributed by atoms with Gasteiger partial charge in [0.05, 0.1) is 16.7 Å². The van der Waals surface area contributed by atoms with Gasteiger partial charge in [-0.1, -0.05) is 11.6 Å². The Balaban J connectivity index is 1.59. The fourth-order valence-electron chi connectivity index (χ4n) is 2.43. The first-order valence-electron chi connectivity index (χ1n) is 7.54. The van der Waals surface area contributed by atoms with Gasteiger partial charge < -0.3 is 14.8 Å². The SMILES string of the molecule is N#Cc1ccc(C(=O)NCCc2cc(Cl)c3c(c2)OCCO3)cc1. The quantitative estimate of drug-likeness (QED) is 0.927. The number of amides is 1. The van der Waals surface area contributed by atoms with Crippen molar-refractivity contribution in [2.75, 3.05) is 19.8 Å². The van der Waals surface area contributed by atoms with E-state index in [9.17, 15) is 4.79 Å². The Morgan fingerprint density at radius 2 is 1.96 bits per heavy atom. The van der Waals surface area contributed by atoms with E-state index in [4.69, 9.17) is 26.3 Å². The average molecular weight is 343 g/mol. The molecule has 1 aliphatic heterocycles. The summed E-state index contributed by atoms with van der Waals surface area (Å²) in [7, 11) is 0. The second kappa shape index (κ2) is 7.24. The van der Waals surface area contributed by atoms with E-state index in [1.54, 1.807) is 24.3 Å². The molecule has 0 atom stereocenters. The van der Waals surface area contributed by atoms with Gasteiger partial charge in [-0.3, -0.25) is 4.79 Å². The summed E-state index contributed by atoms with van der Waals surface area (Å²) in [5, 5.41) is 12.1. The van der Waals surface area contributed by atoms with E-state index in [2.05, 4.69) is 5.32 Å². The molecule has 0 saturated heterocycles. The number of ether oxygens (including phenoxy) is 2. The zero-order chi connectivity index (χ0) is 16.9. The van der Waals surface area contributed by atoms with Crippen molar-refractivity contribution in [1.29, 1.82) is 5.26 Å². The third-order valence-corrected chi connectivity index (χ3v) is 3.91. The zero-order valence-electron chi connectivity index (χ0n) is 12.8. The lowest BCUT2D eigenvalue weighted by atomic mass is 10.1. The molecule has 0 radical (unpaired) electrons. The number of nitrogens with zero attached hydrogens (tertiary/aromatic N) is 1. The summed E-state index contributed by atoms with van der Waals surface area (Å²) in [4.78, 5) is 12.1. The highest BCUT2D eigenvalue weighted by molar-refractivity contribution is 6.32. The molecule has 1 heterocycles. The van der Waals surface area contributed by atoms with E-state index in [1.807, 2.05) is 18.2 Å². The Hall–Kier alpha value is -2.71. The van der Waals surface area contributed by atoms with Crippen molar-refractivity contribution >= 4 is 17.5 Å². The van der Waals surface area contributed by atoms with E-state index in [1.165, 1.54) is 0 Å². The topological polar surface area (TPSA) is 71.4 Å². The third kappa shape index (κ3) is 3.61. The van der Waals surface area contributed by atoms with Crippen LogP contribution in [0.15, 0.2) is 36.4 Å². The molecule has 122 valence electrons. The molecule has 0 saturated carbocycles. The lowest BCUT2D eigenvalue weighted by molar-refractivity contribution is 0.0954. The van der Waals surface area contributed by atoms with Crippen LogP contribution in [0.3, 0.4) is 0 Å². The number of carbonyl (C=O) groups is 1. The number of hydrogen-bond donors (Lipinski definition) is 1. The van der Waals surface area contributed by atoms with E-state index in [0.717, 1.165) is 5.56 Å². The predicted molar refractivity (Wildman–Crippen MR) is 89.6 cm³/mol. The van der Waals surface area contributed by atoms with E-state index < -0.39 is 0 Å². The number of nitriles is 1. The van der Waals surface area contributed by atoms with Crippen LogP contribution in [0.25, 0.3) is 0 Å². The Morgan fingerprint density at radius 3 is 2.71 bits per heavy atom. The maximum absolute atomic E-state index is 12.1. The molecule has 2 aromatic rings. The molecule has 24 heavy (non-hydrogen) atoms. The van der Waals surface area contributed by atoms with Gasteiger partial charge in [-0.25, -0.2) is 0 Å². The Labute approximate surface area is 144 Å². The Kier molecular flexibility index (Phi) is 4.88. The molecule has 2 aromatic carbocycles. The number of rotatable bonds is 4. The van der Waals surface area contributed by atoms with Crippen LogP contribution in [-0.4, -0.2) is 25.7 Å². The van der Waals surface area contributed by atoms with Crippen molar-refractivity contribution in [3.8, 4) is 17.6 Å². The van der Waals surface area contributed by atoms with Crippen LogP contribution in [0.2, 0.25) is 5.02 Å². The molecule has 1 amide bonds. The molecule has 1 aliphatic rings. The van der Waals surface area contributed by atoms with Crippen LogP contribution in [-0.2, 0) is 6.42 Å². The monoisotopic (exact) mass is 342 g/mol. The standard InChI is InChI=1S/C18H15ClN2O3/c19-15-9-13(10-16-17(15)24-8-7-23-16)5-6-21-18(22)14-3-1-12(11-20)2-4-14/h1-4,9-10H,5-8H2,(H,21,22). The van der Waals surface area contributed by atoms with Gasteiger partial charge in [0.25, 0.3) is 5.91 Å². The highest BCUT2D eigenvalue weighted by atomic mass is 35.5. The van der Waals surface area contributed by atoms with Gasteiger partial charge in [-0.15, -0.1) is 0 Å². The molecule has 5 nitrogen and oxygen atoms in total. The van der Waals surface area contributed by atoms with Gasteiger partial charge in [0.1, 0.15) is 13.2 Å². The number of nitrogens with one attached hydrogen (secondary N) is 1. The van der Waals surface area contributed by atoms with Crippen molar-refractivity contribution in [1.82, 2.24) is 5.32 Å². The fraction of sp³-hybridized carbons (Fsp3) is 0.222. The normalized spacial score (nSPS) is 12.3. The van der Waals surface area contributed by atoms with Crippen molar-refractivity contribution in [2.24, 2.45) is 0 Å². The highest BCUT2D eigenvalue weighted by Crippen LogP contribution is 2.38. The second-order valence-electron chi connectivity index (χ2n) is 5.30. The Morgan fingerprint density at radius 1 is 1.21 bits per heavy atom. The van der Waals surface area contributed by atoms with Crippen LogP contribution in [0.1, 0.15) is 21.5 Å². The van der Waals surface area contributed by atoms with Crippen LogP contribution in [0, 0.1) is 11.3 Å². The summed E-state index contributed by atoms with van der Waals surface area (Å²) < 4.78 is 11.0. The Bertz CT molecular complexity index is 797. The van der Waals surface area contributed by atoms with Gasteiger partial charge in [0.15, 0.2) is 11.5 Å². The van der Waals surface area contributed by atoms with Crippen LogP contribution in [0.4, 0.5) is 0 Å². The molecular weight excluding hydrogens is 328 g/mol. The average Bonchev–Trinajstić information content (AvgIpc) is 2.62. The molecule has 0 fully saturated rings. The van der Waals surface area contributed by atoms with Crippen molar-refractivity contribution in [2.45, 2.75) is 6.42 Å². The molecule has 0 aromatic heterocycles. The minimum Gasteiger partial charge on any atom is -0.486 e. The largest absolute Gasteiger partial charge is 0.486 e. The van der Waals surface area contributed by atoms with Gasteiger partial charge in [0, 0.05) is 12.1 Å². The van der Waals surface area contributed by atoms with Gasteiger partial charge in [0.2, 0.25) is 0 Å². The molecule has 0 aliphatic carbocycles. The highest BCUT2D eigenvalue weighted by Gasteiger charge is 2.16. The predicted octanol–water partition coefficient (Wildman–Crippen LogP) is 2.96. The molecule has 0 spiro atoms. The fourth-order valence-corrected chi connectivity index (χ4v) is 2.71. The lowest BCUT2D eigenvalue weighted by Crippen LogP contribution is -2.25. The minimum absolute atomic E-state index is 0.178. The molecule has 0 bridgehead atoms. The smallest absolute Gasteiger partial charge is 0.251 e. The number of carbonyl (C=O) groups excluding carboxylic acids is 1. The third-order valence-electron chi connectivity index (χ3n) is 3.63. The van der Waals surface area contributed by atoms with E-state index in [-0.39, 0.29) is 5.91 Å². The summed E-state index contributed by atoms with van der Waals surface area (Å²) in [6.45, 7) is 1.46. The summed E-state index contributed by atoms with van der Waals surface area (Å²) in [5.74, 6) is 1.04. The van der Waals surface area contributed by atoms with Crippen molar-refractivity contribution in [3.05, 3.63) is 58.1 Å². The summed E-state index contributed by atoms with van der Waals surface area (Å²) in [6, 6.07) is 12.2. The number of hydrogen-bond acceptors (Lipinski definition) is 4. The number of fused-ring (bicyclic) bond motifs is 1. The molecule has 1 N–H and O–H groups in total. The summed E-state index contributed by atoms with van der Waals surface area (Å²) >= 11 is 6.19. The summed E-state index contributed by atoms with van der Waals surface area (Å²) in [6.07, 6.45) is 0.623. The van der Waals surface area contributed by atoms with Crippen LogP contribution in [0.5, 0.6) is 11.5 Å². The molecule has 6 heteroatoms. The van der Waals surface area contributed by atoms with E-state index >= 15 is 0 Å². The number of halogens is 1. The molecule has 3 rings (SSSR count). The van der Waals surface area contributed by atoms with Crippen molar-refractivity contribution in [3.63, 3.8) is 0 Å². The maximum atomic E-state index is 12.1. The lowest BCUT2D eigenvalue weighted by Gasteiger charge is -2.20. The van der Waals surface area contributed by atoms with Crippen LogP contribution < -0.4 is 14.8 Å². The van der Waals surface area contributed by atoms with Gasteiger partial charge in [-0.2, -0.15) is 5.26 Å². The zero-order valence-corrected chi connectivity index (χ0v) is 13.6. The number of benzene rings is 2. The van der Waals surface area contributed by atoms with E-state index in [0.29, 0.717) is 53.8 Å². The van der Waals surface area contributed by atoms with Crippen molar-refractivity contribution < 1.29 is 14.3 Å². The summed E-state index contributed by atoms with van der Waals surface area (Å²) in [5.41, 5.74) is 2.01. The maximum Gasteiger partial charge on any atom is 0.251 e. The second-order valence-corrected chi connectivity index (χ2v) is 5.70.